The summed E-state index contributed by atoms with van der Waals surface area (Å²) in [6, 6.07) is 19.2. The van der Waals surface area contributed by atoms with E-state index < -0.39 is 0 Å². The van der Waals surface area contributed by atoms with Gasteiger partial charge in [-0.2, -0.15) is 0 Å². The zero-order valence-corrected chi connectivity index (χ0v) is 15.9. The van der Waals surface area contributed by atoms with E-state index >= 15 is 0 Å². The number of nitrogens with zero attached hydrogens (tertiary/aromatic N) is 1. The van der Waals surface area contributed by atoms with Crippen LogP contribution < -0.4 is 4.74 Å². The molecule has 27 heavy (non-hydrogen) atoms. The largest absolute Gasteiger partial charge is 0.423 e. The fourth-order valence-electron chi connectivity index (χ4n) is 2.99. The van der Waals surface area contributed by atoms with E-state index in [0.717, 1.165) is 36.9 Å². The first kappa shape index (κ1) is 18.8. The third-order valence-corrected chi connectivity index (χ3v) is 4.45. The van der Waals surface area contributed by atoms with Crippen LogP contribution in [0.5, 0.6) is 5.75 Å². The Morgan fingerprint density at radius 2 is 1.44 bits per heavy atom. The maximum absolute atomic E-state index is 12.3. The molecule has 0 aliphatic rings. The fraction of sp³-hybridized carbons (Fsp3) is 0.250. The molecule has 0 amide bonds. The molecule has 1 aromatic heterocycles. The van der Waals surface area contributed by atoms with E-state index in [9.17, 15) is 4.79 Å². The van der Waals surface area contributed by atoms with Crippen LogP contribution in [0.1, 0.15) is 48.2 Å². The molecule has 0 unspecified atom stereocenters. The summed E-state index contributed by atoms with van der Waals surface area (Å²) in [6.45, 7) is 4.30. The van der Waals surface area contributed by atoms with Crippen molar-refractivity contribution in [3.8, 4) is 17.0 Å². The van der Waals surface area contributed by atoms with E-state index in [2.05, 4.69) is 24.9 Å². The molecule has 2 aromatic carbocycles. The molecule has 0 N–H and O–H groups in total. The highest BCUT2D eigenvalue weighted by Crippen LogP contribution is 2.22. The Morgan fingerprint density at radius 3 is 2.04 bits per heavy atom. The number of aromatic nitrogens is 1. The highest BCUT2D eigenvalue weighted by atomic mass is 16.5. The average molecular weight is 359 g/mol. The third kappa shape index (κ3) is 5.04. The van der Waals surface area contributed by atoms with E-state index in [4.69, 9.17) is 4.74 Å². The highest BCUT2D eigenvalue weighted by molar-refractivity contribution is 5.91. The van der Waals surface area contributed by atoms with Crippen molar-refractivity contribution in [2.45, 2.75) is 39.5 Å². The van der Waals surface area contributed by atoms with E-state index in [0.29, 0.717) is 11.3 Å². The quantitative estimate of drug-likeness (QED) is 0.391. The van der Waals surface area contributed by atoms with Gasteiger partial charge in [-0.25, -0.2) is 4.79 Å². The first-order chi connectivity index (χ1) is 13.2. The maximum atomic E-state index is 12.3. The molecular formula is C24H25NO2. The highest BCUT2D eigenvalue weighted by Gasteiger charge is 2.09. The van der Waals surface area contributed by atoms with Crippen molar-refractivity contribution in [1.29, 1.82) is 0 Å². The summed E-state index contributed by atoms with van der Waals surface area (Å²) in [5, 5.41) is 0. The van der Waals surface area contributed by atoms with Gasteiger partial charge < -0.3 is 4.74 Å². The molecule has 0 aliphatic heterocycles. The lowest BCUT2D eigenvalue weighted by molar-refractivity contribution is 0.0735. The van der Waals surface area contributed by atoms with Gasteiger partial charge in [0.05, 0.1) is 11.3 Å². The molecule has 0 bridgehead atoms. The van der Waals surface area contributed by atoms with Gasteiger partial charge in [-0.3, -0.25) is 4.98 Å². The smallest absolute Gasteiger partial charge is 0.343 e. The number of carbonyl (C=O) groups excluding carboxylic acids is 1. The van der Waals surface area contributed by atoms with Gasteiger partial charge in [0.25, 0.3) is 0 Å². The SMILES string of the molecule is CCCc1ccc(C(=O)Oc2ccc(-c3ccc(CCC)cn3)cc2)cc1. The lowest BCUT2D eigenvalue weighted by Crippen LogP contribution is -2.08. The third-order valence-electron chi connectivity index (χ3n) is 4.45. The predicted octanol–water partition coefficient (Wildman–Crippen LogP) is 5.87. The van der Waals surface area contributed by atoms with Crippen molar-refractivity contribution in [3.63, 3.8) is 0 Å². The number of hydrogen-bond acceptors (Lipinski definition) is 3. The number of aryl methyl sites for hydroxylation is 2. The molecule has 0 aliphatic carbocycles. The van der Waals surface area contributed by atoms with Gasteiger partial charge in [0.1, 0.15) is 5.75 Å². The Kier molecular flexibility index (Phi) is 6.37. The second-order valence-corrected chi connectivity index (χ2v) is 6.66. The van der Waals surface area contributed by atoms with Crippen LogP contribution in [-0.2, 0) is 12.8 Å². The van der Waals surface area contributed by atoms with Crippen molar-refractivity contribution >= 4 is 5.97 Å². The number of pyridine rings is 1. The topological polar surface area (TPSA) is 39.2 Å². The summed E-state index contributed by atoms with van der Waals surface area (Å²) < 4.78 is 5.48. The molecule has 0 fully saturated rings. The van der Waals surface area contributed by atoms with Crippen molar-refractivity contribution in [3.05, 3.63) is 83.6 Å². The first-order valence-corrected chi connectivity index (χ1v) is 9.56. The molecule has 3 rings (SSSR count). The molecule has 0 saturated carbocycles. The molecule has 0 saturated heterocycles. The van der Waals surface area contributed by atoms with Gasteiger partial charge in [-0.05, 0) is 66.4 Å². The second-order valence-electron chi connectivity index (χ2n) is 6.66. The Hall–Kier alpha value is -2.94. The molecule has 0 spiro atoms. The van der Waals surface area contributed by atoms with E-state index in [1.807, 2.05) is 48.7 Å². The number of carbonyl (C=O) groups is 1. The van der Waals surface area contributed by atoms with Crippen molar-refractivity contribution in [1.82, 2.24) is 4.98 Å². The van der Waals surface area contributed by atoms with Gasteiger partial charge in [-0.1, -0.05) is 44.9 Å². The van der Waals surface area contributed by atoms with E-state index in [-0.39, 0.29) is 5.97 Å². The van der Waals surface area contributed by atoms with Crippen LogP contribution in [0.4, 0.5) is 0 Å². The van der Waals surface area contributed by atoms with Gasteiger partial charge in [0, 0.05) is 11.8 Å². The molecule has 3 nitrogen and oxygen atoms in total. The van der Waals surface area contributed by atoms with Crippen LogP contribution in [-0.4, -0.2) is 11.0 Å². The predicted molar refractivity (Wildman–Crippen MR) is 109 cm³/mol. The maximum Gasteiger partial charge on any atom is 0.343 e. The zero-order valence-electron chi connectivity index (χ0n) is 15.9. The van der Waals surface area contributed by atoms with Gasteiger partial charge in [0.2, 0.25) is 0 Å². The van der Waals surface area contributed by atoms with Gasteiger partial charge in [-0.15, -0.1) is 0 Å². The summed E-state index contributed by atoms with van der Waals surface area (Å²) in [7, 11) is 0. The van der Waals surface area contributed by atoms with Crippen molar-refractivity contribution in [2.75, 3.05) is 0 Å². The minimum absolute atomic E-state index is 0.340. The molecule has 1 heterocycles. The monoisotopic (exact) mass is 359 g/mol. The van der Waals surface area contributed by atoms with Crippen molar-refractivity contribution < 1.29 is 9.53 Å². The Morgan fingerprint density at radius 1 is 0.815 bits per heavy atom. The zero-order chi connectivity index (χ0) is 19.1. The first-order valence-electron chi connectivity index (χ1n) is 9.56. The van der Waals surface area contributed by atoms with Crippen LogP contribution in [0, 0.1) is 0 Å². The normalized spacial score (nSPS) is 10.6. The summed E-state index contributed by atoms with van der Waals surface area (Å²) >= 11 is 0. The molecule has 0 atom stereocenters. The molecule has 0 radical (unpaired) electrons. The summed E-state index contributed by atoms with van der Waals surface area (Å²) in [5.41, 5.74) is 4.96. The minimum Gasteiger partial charge on any atom is -0.423 e. The van der Waals surface area contributed by atoms with Crippen LogP contribution in [0.3, 0.4) is 0 Å². The standard InChI is InChI=1S/C24H25NO2/c1-3-5-18-7-10-21(11-8-18)24(26)27-22-14-12-20(13-15-22)23-16-9-19(6-4-2)17-25-23/h7-17H,3-6H2,1-2H3. The number of rotatable bonds is 7. The summed E-state index contributed by atoms with van der Waals surface area (Å²) in [4.78, 5) is 16.8. The van der Waals surface area contributed by atoms with Crippen LogP contribution in [0.25, 0.3) is 11.3 Å². The number of esters is 1. The molecule has 138 valence electrons. The van der Waals surface area contributed by atoms with Gasteiger partial charge >= 0.3 is 5.97 Å². The van der Waals surface area contributed by atoms with E-state index in [1.54, 1.807) is 12.1 Å². The van der Waals surface area contributed by atoms with Crippen LogP contribution in [0.15, 0.2) is 66.9 Å². The lowest BCUT2D eigenvalue weighted by Gasteiger charge is -2.07. The summed E-state index contributed by atoms with van der Waals surface area (Å²) in [6.07, 6.45) is 6.19. The lowest BCUT2D eigenvalue weighted by atomic mass is 10.1. The molecule has 3 aromatic rings. The van der Waals surface area contributed by atoms with Crippen LogP contribution >= 0.6 is 0 Å². The number of hydrogen-bond donors (Lipinski definition) is 0. The van der Waals surface area contributed by atoms with Crippen molar-refractivity contribution in [2.24, 2.45) is 0 Å². The minimum atomic E-state index is -0.340. The number of ether oxygens (including phenoxy) is 1. The fourth-order valence-corrected chi connectivity index (χ4v) is 2.99. The second kappa shape index (κ2) is 9.13. The van der Waals surface area contributed by atoms with Crippen LogP contribution in [0.2, 0.25) is 0 Å². The Labute approximate surface area is 161 Å². The Bertz CT molecular complexity index is 866. The Balaban J connectivity index is 1.65. The van der Waals surface area contributed by atoms with Gasteiger partial charge in [0.15, 0.2) is 0 Å². The number of benzene rings is 2. The molecule has 3 heteroatoms. The average Bonchev–Trinajstić information content (AvgIpc) is 2.70. The molecular weight excluding hydrogens is 334 g/mol. The van der Waals surface area contributed by atoms with E-state index in [1.165, 1.54) is 11.1 Å². The summed E-state index contributed by atoms with van der Waals surface area (Å²) in [5.74, 6) is 0.192.